The number of hydrogen-bond acceptors (Lipinski definition) is 5. The highest BCUT2D eigenvalue weighted by Gasteiger charge is 2.28. The van der Waals surface area contributed by atoms with Gasteiger partial charge in [0.15, 0.2) is 0 Å². The summed E-state index contributed by atoms with van der Waals surface area (Å²) in [4.78, 5) is 11.3. The smallest absolute Gasteiger partial charge is 0.232 e. The van der Waals surface area contributed by atoms with E-state index in [1.54, 1.807) is 12.5 Å². The molecule has 2 aromatic heterocycles. The SMILES string of the molecule is CC1Cc2ccccc2N1c1nccc(NCc2ccco2)n1. The molecular weight excluding hydrogens is 288 g/mol. The topological polar surface area (TPSA) is 54.2 Å². The lowest BCUT2D eigenvalue weighted by atomic mass is 10.1. The van der Waals surface area contributed by atoms with Crippen LogP contribution in [0, 0.1) is 0 Å². The zero-order chi connectivity index (χ0) is 15.6. The molecule has 5 heteroatoms. The number of aromatic nitrogens is 2. The molecule has 0 fully saturated rings. The van der Waals surface area contributed by atoms with Crippen LogP contribution < -0.4 is 10.2 Å². The Morgan fingerprint density at radius 3 is 3.00 bits per heavy atom. The highest BCUT2D eigenvalue weighted by atomic mass is 16.3. The van der Waals surface area contributed by atoms with Crippen LogP contribution in [0.25, 0.3) is 0 Å². The molecule has 0 saturated heterocycles. The Labute approximate surface area is 135 Å². The number of benzene rings is 1. The fraction of sp³-hybridized carbons (Fsp3) is 0.222. The predicted molar refractivity (Wildman–Crippen MR) is 89.8 cm³/mol. The van der Waals surface area contributed by atoms with E-state index in [-0.39, 0.29) is 0 Å². The molecule has 0 bridgehead atoms. The van der Waals surface area contributed by atoms with Crippen molar-refractivity contribution in [3.8, 4) is 0 Å². The van der Waals surface area contributed by atoms with Crippen molar-refractivity contribution in [1.82, 2.24) is 9.97 Å². The average Bonchev–Trinajstić information content (AvgIpc) is 3.19. The van der Waals surface area contributed by atoms with E-state index in [1.165, 1.54) is 11.3 Å². The van der Waals surface area contributed by atoms with E-state index in [1.807, 2.05) is 18.2 Å². The Bertz CT molecular complexity index is 800. The van der Waals surface area contributed by atoms with E-state index in [0.717, 1.165) is 23.9 Å². The second-order valence-corrected chi connectivity index (χ2v) is 5.73. The zero-order valence-corrected chi connectivity index (χ0v) is 12.9. The number of hydrogen-bond donors (Lipinski definition) is 1. The van der Waals surface area contributed by atoms with E-state index in [4.69, 9.17) is 4.42 Å². The molecule has 1 aliphatic rings. The first-order valence-corrected chi connectivity index (χ1v) is 7.78. The molecule has 1 aromatic carbocycles. The molecule has 0 aliphatic carbocycles. The van der Waals surface area contributed by atoms with Crippen molar-refractivity contribution in [2.75, 3.05) is 10.2 Å². The normalized spacial score (nSPS) is 16.4. The van der Waals surface area contributed by atoms with Crippen LogP contribution in [0.4, 0.5) is 17.5 Å². The van der Waals surface area contributed by atoms with Gasteiger partial charge in [-0.3, -0.25) is 0 Å². The maximum Gasteiger partial charge on any atom is 0.232 e. The Balaban J connectivity index is 1.59. The molecule has 3 heterocycles. The van der Waals surface area contributed by atoms with Crippen LogP contribution in [0.15, 0.2) is 59.3 Å². The van der Waals surface area contributed by atoms with Crippen molar-refractivity contribution in [3.05, 3.63) is 66.2 Å². The van der Waals surface area contributed by atoms with Crippen molar-refractivity contribution in [3.63, 3.8) is 0 Å². The largest absolute Gasteiger partial charge is 0.467 e. The van der Waals surface area contributed by atoms with Gasteiger partial charge in [0.05, 0.1) is 12.8 Å². The molecule has 1 atom stereocenters. The van der Waals surface area contributed by atoms with Crippen molar-refractivity contribution < 1.29 is 4.42 Å². The summed E-state index contributed by atoms with van der Waals surface area (Å²) in [5.74, 6) is 2.40. The fourth-order valence-corrected chi connectivity index (χ4v) is 3.02. The van der Waals surface area contributed by atoms with Gasteiger partial charge in [0, 0.05) is 17.9 Å². The molecule has 0 saturated carbocycles. The molecule has 4 rings (SSSR count). The van der Waals surface area contributed by atoms with Crippen LogP contribution in [0.1, 0.15) is 18.2 Å². The Kier molecular flexibility index (Phi) is 3.46. The minimum absolute atomic E-state index is 0.354. The monoisotopic (exact) mass is 306 g/mol. The van der Waals surface area contributed by atoms with Crippen LogP contribution in [-0.2, 0) is 13.0 Å². The molecule has 1 N–H and O–H groups in total. The molecule has 1 unspecified atom stereocenters. The number of rotatable bonds is 4. The van der Waals surface area contributed by atoms with Gasteiger partial charge in [0.2, 0.25) is 5.95 Å². The summed E-state index contributed by atoms with van der Waals surface area (Å²) in [5.41, 5.74) is 2.54. The quantitative estimate of drug-likeness (QED) is 0.795. The van der Waals surface area contributed by atoms with Crippen molar-refractivity contribution in [2.24, 2.45) is 0 Å². The summed E-state index contributed by atoms with van der Waals surface area (Å²) in [6.45, 7) is 2.81. The van der Waals surface area contributed by atoms with E-state index >= 15 is 0 Å². The van der Waals surface area contributed by atoms with Crippen LogP contribution in [0.5, 0.6) is 0 Å². The highest BCUT2D eigenvalue weighted by Crippen LogP contribution is 2.36. The lowest BCUT2D eigenvalue weighted by Gasteiger charge is -2.22. The maximum atomic E-state index is 5.33. The first kappa shape index (κ1) is 13.8. The van der Waals surface area contributed by atoms with Gasteiger partial charge in [0.25, 0.3) is 0 Å². The van der Waals surface area contributed by atoms with Gasteiger partial charge in [-0.25, -0.2) is 4.98 Å². The standard InChI is InChI=1S/C18H18N4O/c1-13-11-14-5-2-3-7-16(14)22(13)18-19-9-8-17(21-18)20-12-15-6-4-10-23-15/h2-10,13H,11-12H2,1H3,(H,19,20,21). The number of nitrogens with zero attached hydrogens (tertiary/aromatic N) is 3. The Morgan fingerprint density at radius 1 is 1.22 bits per heavy atom. The van der Waals surface area contributed by atoms with Crippen LogP contribution in [0.3, 0.4) is 0 Å². The number of fused-ring (bicyclic) bond motifs is 1. The number of para-hydroxylation sites is 1. The second kappa shape index (κ2) is 5.76. The lowest BCUT2D eigenvalue weighted by Crippen LogP contribution is -2.26. The lowest BCUT2D eigenvalue weighted by molar-refractivity contribution is 0.518. The van der Waals surface area contributed by atoms with Crippen LogP contribution in [-0.4, -0.2) is 16.0 Å². The zero-order valence-electron chi connectivity index (χ0n) is 12.9. The third kappa shape index (κ3) is 2.65. The van der Waals surface area contributed by atoms with E-state index < -0.39 is 0 Å². The molecule has 0 spiro atoms. The maximum absolute atomic E-state index is 5.33. The minimum Gasteiger partial charge on any atom is -0.467 e. The van der Waals surface area contributed by atoms with Gasteiger partial charge < -0.3 is 14.6 Å². The van der Waals surface area contributed by atoms with Crippen molar-refractivity contribution in [2.45, 2.75) is 25.9 Å². The Morgan fingerprint density at radius 2 is 2.13 bits per heavy atom. The summed E-state index contributed by atoms with van der Waals surface area (Å²) >= 11 is 0. The van der Waals surface area contributed by atoms with Gasteiger partial charge >= 0.3 is 0 Å². The van der Waals surface area contributed by atoms with E-state index in [9.17, 15) is 0 Å². The van der Waals surface area contributed by atoms with E-state index in [2.05, 4.69) is 51.4 Å². The number of anilines is 3. The van der Waals surface area contributed by atoms with Gasteiger partial charge in [0.1, 0.15) is 11.6 Å². The summed E-state index contributed by atoms with van der Waals surface area (Å²) < 4.78 is 5.33. The van der Waals surface area contributed by atoms with Gasteiger partial charge in [-0.2, -0.15) is 4.98 Å². The Hall–Kier alpha value is -2.82. The second-order valence-electron chi connectivity index (χ2n) is 5.73. The predicted octanol–water partition coefficient (Wildman–Crippen LogP) is 3.76. The van der Waals surface area contributed by atoms with Crippen LogP contribution >= 0.6 is 0 Å². The molecular formula is C18H18N4O. The summed E-state index contributed by atoms with van der Waals surface area (Å²) in [6.07, 6.45) is 4.48. The summed E-state index contributed by atoms with van der Waals surface area (Å²) in [7, 11) is 0. The minimum atomic E-state index is 0.354. The average molecular weight is 306 g/mol. The van der Waals surface area contributed by atoms with Gasteiger partial charge in [-0.1, -0.05) is 18.2 Å². The highest BCUT2D eigenvalue weighted by molar-refractivity contribution is 5.67. The van der Waals surface area contributed by atoms with Crippen molar-refractivity contribution in [1.29, 1.82) is 0 Å². The van der Waals surface area contributed by atoms with E-state index in [0.29, 0.717) is 12.6 Å². The molecule has 5 nitrogen and oxygen atoms in total. The molecule has 23 heavy (non-hydrogen) atoms. The molecule has 1 aliphatic heterocycles. The number of nitrogens with one attached hydrogen (secondary N) is 1. The third-order valence-electron chi connectivity index (χ3n) is 4.09. The molecule has 0 radical (unpaired) electrons. The van der Waals surface area contributed by atoms with Gasteiger partial charge in [-0.15, -0.1) is 0 Å². The first-order valence-electron chi connectivity index (χ1n) is 7.78. The number of furan rings is 1. The summed E-state index contributed by atoms with van der Waals surface area (Å²) in [6, 6.07) is 14.5. The molecule has 3 aromatic rings. The fourth-order valence-electron chi connectivity index (χ4n) is 3.02. The molecule has 116 valence electrons. The van der Waals surface area contributed by atoms with Crippen LogP contribution in [0.2, 0.25) is 0 Å². The third-order valence-corrected chi connectivity index (χ3v) is 4.09. The molecule has 0 amide bonds. The first-order chi connectivity index (χ1) is 11.3. The van der Waals surface area contributed by atoms with Crippen molar-refractivity contribution >= 4 is 17.5 Å². The van der Waals surface area contributed by atoms with Gasteiger partial charge in [-0.05, 0) is 43.2 Å². The summed E-state index contributed by atoms with van der Waals surface area (Å²) in [5, 5.41) is 3.28.